The summed E-state index contributed by atoms with van der Waals surface area (Å²) < 4.78 is 0. The van der Waals surface area contributed by atoms with Gasteiger partial charge in [0.15, 0.2) is 0 Å². The third kappa shape index (κ3) is 3.62. The molecule has 0 radical (unpaired) electrons. The van der Waals surface area contributed by atoms with E-state index in [0.29, 0.717) is 23.3 Å². The van der Waals surface area contributed by atoms with Gasteiger partial charge in [0.2, 0.25) is 11.8 Å². The van der Waals surface area contributed by atoms with Gasteiger partial charge in [-0.05, 0) is 31.5 Å². The summed E-state index contributed by atoms with van der Waals surface area (Å²) in [5.74, 6) is -0.313. The molecule has 1 aromatic carbocycles. The molecule has 1 atom stereocenters. The number of H-pyrrole nitrogens is 2. The lowest BCUT2D eigenvalue weighted by Gasteiger charge is -2.33. The fourth-order valence-corrected chi connectivity index (χ4v) is 4.13. The summed E-state index contributed by atoms with van der Waals surface area (Å²) in [6, 6.07) is 3.24. The summed E-state index contributed by atoms with van der Waals surface area (Å²) in [6.07, 6.45) is 2.30. The molecule has 2 aromatic rings. The molecular formula is C19H26N6O3. The molecule has 3 heterocycles. The highest BCUT2D eigenvalue weighted by Gasteiger charge is 2.31. The summed E-state index contributed by atoms with van der Waals surface area (Å²) in [5.41, 5.74) is 2.65. The number of benzene rings is 1. The predicted octanol–water partition coefficient (Wildman–Crippen LogP) is 0.605. The second-order valence-corrected chi connectivity index (χ2v) is 7.38. The Kier molecular flexibility index (Phi) is 5.08. The van der Waals surface area contributed by atoms with E-state index in [2.05, 4.69) is 25.5 Å². The zero-order valence-corrected chi connectivity index (χ0v) is 16.0. The third-order valence-electron chi connectivity index (χ3n) is 5.58. The molecule has 0 saturated carbocycles. The van der Waals surface area contributed by atoms with E-state index < -0.39 is 6.04 Å². The van der Waals surface area contributed by atoms with Crippen LogP contribution in [-0.2, 0) is 9.59 Å². The predicted molar refractivity (Wildman–Crippen MR) is 108 cm³/mol. The average Bonchev–Trinajstić information content (AvgIpc) is 3.31. The van der Waals surface area contributed by atoms with Gasteiger partial charge in [-0.15, -0.1) is 0 Å². The van der Waals surface area contributed by atoms with Crippen LogP contribution in [-0.4, -0.2) is 65.4 Å². The Hall–Kier alpha value is -2.81. The molecule has 1 unspecified atom stereocenters. The lowest BCUT2D eigenvalue weighted by atomic mass is 10.1. The first-order valence-corrected chi connectivity index (χ1v) is 9.87. The number of aromatic nitrogens is 2. The van der Waals surface area contributed by atoms with Crippen LogP contribution in [0.15, 0.2) is 16.9 Å². The van der Waals surface area contributed by atoms with Crippen LogP contribution in [0.2, 0.25) is 0 Å². The lowest BCUT2D eigenvalue weighted by molar-refractivity contribution is -0.132. The minimum atomic E-state index is -0.454. The van der Waals surface area contributed by atoms with Crippen LogP contribution < -0.4 is 21.2 Å². The summed E-state index contributed by atoms with van der Waals surface area (Å²) >= 11 is 0. The van der Waals surface area contributed by atoms with E-state index in [-0.39, 0.29) is 23.9 Å². The van der Waals surface area contributed by atoms with Crippen molar-refractivity contribution in [1.82, 2.24) is 20.2 Å². The van der Waals surface area contributed by atoms with Crippen molar-refractivity contribution in [3.8, 4) is 0 Å². The Balaban J connectivity index is 1.58. The Morgan fingerprint density at radius 1 is 1.14 bits per heavy atom. The number of piperazine rings is 1. The zero-order valence-electron chi connectivity index (χ0n) is 16.0. The fraction of sp³-hybridized carbons (Fsp3) is 0.526. The van der Waals surface area contributed by atoms with Crippen LogP contribution in [0.4, 0.5) is 11.4 Å². The Bertz CT molecular complexity index is 943. The highest BCUT2D eigenvalue weighted by molar-refractivity contribution is 6.00. The quantitative estimate of drug-likeness (QED) is 0.601. The molecule has 0 aliphatic carbocycles. The number of carbonyl (C=O) groups excluding carboxylic acids is 2. The standard InChI is InChI=1S/C19H26N6O3/c1-2-24-8-5-20-18(27)16(24)11-17(26)21-14-9-12-13(23-19(28)22-12)10-15(14)25-6-3-4-7-25/h9-10,16H,2-8,11H2,1H3,(H,20,27)(H,21,26)(H2,22,23,28). The van der Waals surface area contributed by atoms with Gasteiger partial charge in [-0.1, -0.05) is 6.92 Å². The molecule has 4 N–H and O–H groups in total. The van der Waals surface area contributed by atoms with Gasteiger partial charge in [0.25, 0.3) is 0 Å². The molecule has 4 rings (SSSR count). The molecular weight excluding hydrogens is 360 g/mol. The molecule has 150 valence electrons. The Morgan fingerprint density at radius 2 is 1.86 bits per heavy atom. The van der Waals surface area contributed by atoms with Crippen LogP contribution in [0.5, 0.6) is 0 Å². The largest absolute Gasteiger partial charge is 0.370 e. The molecule has 2 aliphatic heterocycles. The molecule has 2 amide bonds. The van der Waals surface area contributed by atoms with E-state index in [1.807, 2.05) is 17.9 Å². The van der Waals surface area contributed by atoms with Crippen molar-refractivity contribution in [2.24, 2.45) is 0 Å². The molecule has 9 heteroatoms. The molecule has 2 saturated heterocycles. The number of likely N-dealkylation sites (N-methyl/N-ethyl adjacent to an activating group) is 1. The minimum absolute atomic E-state index is 0.0980. The number of nitrogens with one attached hydrogen (secondary N) is 4. The van der Waals surface area contributed by atoms with Crippen molar-refractivity contribution in [2.45, 2.75) is 32.2 Å². The van der Waals surface area contributed by atoms with Gasteiger partial charge in [0, 0.05) is 26.2 Å². The summed E-state index contributed by atoms with van der Waals surface area (Å²) in [6.45, 7) is 5.90. The molecule has 2 aliphatic rings. The van der Waals surface area contributed by atoms with Crippen molar-refractivity contribution in [3.05, 3.63) is 22.6 Å². The molecule has 28 heavy (non-hydrogen) atoms. The van der Waals surface area contributed by atoms with Crippen LogP contribution >= 0.6 is 0 Å². The third-order valence-corrected chi connectivity index (χ3v) is 5.58. The minimum Gasteiger partial charge on any atom is -0.370 e. The van der Waals surface area contributed by atoms with Crippen LogP contribution in [0, 0.1) is 0 Å². The zero-order chi connectivity index (χ0) is 19.7. The number of anilines is 2. The number of carbonyl (C=O) groups is 2. The maximum atomic E-state index is 12.8. The lowest BCUT2D eigenvalue weighted by Crippen LogP contribution is -2.56. The van der Waals surface area contributed by atoms with Crippen molar-refractivity contribution in [3.63, 3.8) is 0 Å². The average molecular weight is 386 g/mol. The molecule has 2 fully saturated rings. The first kappa shape index (κ1) is 18.5. The molecule has 0 bridgehead atoms. The highest BCUT2D eigenvalue weighted by atomic mass is 16.2. The van der Waals surface area contributed by atoms with Gasteiger partial charge in [-0.3, -0.25) is 14.5 Å². The first-order chi connectivity index (χ1) is 13.5. The number of amides is 2. The van der Waals surface area contributed by atoms with Crippen LogP contribution in [0.1, 0.15) is 26.2 Å². The number of hydrogen-bond acceptors (Lipinski definition) is 5. The van der Waals surface area contributed by atoms with Gasteiger partial charge in [-0.2, -0.15) is 0 Å². The summed E-state index contributed by atoms with van der Waals surface area (Å²) in [5, 5.41) is 5.81. The van der Waals surface area contributed by atoms with E-state index in [4.69, 9.17) is 0 Å². The second kappa shape index (κ2) is 7.67. The topological polar surface area (TPSA) is 113 Å². The van der Waals surface area contributed by atoms with E-state index in [1.165, 1.54) is 0 Å². The van der Waals surface area contributed by atoms with Gasteiger partial charge in [0.1, 0.15) is 0 Å². The van der Waals surface area contributed by atoms with Crippen LogP contribution in [0.25, 0.3) is 11.0 Å². The smallest absolute Gasteiger partial charge is 0.323 e. The highest BCUT2D eigenvalue weighted by Crippen LogP contribution is 2.32. The van der Waals surface area contributed by atoms with Crippen molar-refractivity contribution in [1.29, 1.82) is 0 Å². The van der Waals surface area contributed by atoms with Gasteiger partial charge in [-0.25, -0.2) is 4.79 Å². The Labute approximate surface area is 162 Å². The number of fused-ring (bicyclic) bond motifs is 1. The normalized spacial score (nSPS) is 20.5. The number of aromatic amines is 2. The van der Waals surface area contributed by atoms with Crippen molar-refractivity contribution >= 4 is 34.2 Å². The fourth-order valence-electron chi connectivity index (χ4n) is 4.13. The first-order valence-electron chi connectivity index (χ1n) is 9.87. The monoisotopic (exact) mass is 386 g/mol. The van der Waals surface area contributed by atoms with E-state index in [0.717, 1.165) is 44.7 Å². The van der Waals surface area contributed by atoms with E-state index in [9.17, 15) is 14.4 Å². The number of nitrogens with zero attached hydrogens (tertiary/aromatic N) is 2. The second-order valence-electron chi connectivity index (χ2n) is 7.38. The summed E-state index contributed by atoms with van der Waals surface area (Å²) in [7, 11) is 0. The van der Waals surface area contributed by atoms with Gasteiger partial charge < -0.3 is 25.5 Å². The maximum absolute atomic E-state index is 12.8. The Morgan fingerprint density at radius 3 is 2.57 bits per heavy atom. The van der Waals surface area contributed by atoms with E-state index >= 15 is 0 Å². The van der Waals surface area contributed by atoms with E-state index in [1.54, 1.807) is 6.07 Å². The maximum Gasteiger partial charge on any atom is 0.323 e. The van der Waals surface area contributed by atoms with Crippen LogP contribution in [0.3, 0.4) is 0 Å². The number of rotatable bonds is 5. The molecule has 0 spiro atoms. The molecule has 1 aromatic heterocycles. The van der Waals surface area contributed by atoms with Gasteiger partial charge >= 0.3 is 5.69 Å². The number of imidazole rings is 1. The van der Waals surface area contributed by atoms with Crippen molar-refractivity contribution in [2.75, 3.05) is 42.9 Å². The SMILES string of the molecule is CCN1CCNC(=O)C1CC(=O)Nc1cc2[nH]c(=O)[nH]c2cc1N1CCCC1. The molecule has 9 nitrogen and oxygen atoms in total. The number of hydrogen-bond donors (Lipinski definition) is 4. The summed E-state index contributed by atoms with van der Waals surface area (Å²) in [4.78, 5) is 46.4. The van der Waals surface area contributed by atoms with Crippen molar-refractivity contribution < 1.29 is 9.59 Å². The van der Waals surface area contributed by atoms with Gasteiger partial charge in [0.05, 0.1) is 34.9 Å².